The monoisotopic (exact) mass is 235 g/mol. The molecule has 2 heterocycles. The van der Waals surface area contributed by atoms with Crippen molar-refractivity contribution in [3.8, 4) is 0 Å². The van der Waals surface area contributed by atoms with Crippen LogP contribution in [0.3, 0.4) is 0 Å². The fourth-order valence-corrected chi connectivity index (χ4v) is 3.35. The second-order valence-electron chi connectivity index (χ2n) is 4.90. The van der Waals surface area contributed by atoms with Crippen molar-refractivity contribution in [3.63, 3.8) is 0 Å². The molecular formula is C14H18ClN. The van der Waals surface area contributed by atoms with Gasteiger partial charge in [0.05, 0.1) is 0 Å². The van der Waals surface area contributed by atoms with Gasteiger partial charge >= 0.3 is 0 Å². The lowest BCUT2D eigenvalue weighted by Crippen LogP contribution is -2.34. The van der Waals surface area contributed by atoms with Gasteiger partial charge in [-0.15, -0.1) is 11.6 Å². The van der Waals surface area contributed by atoms with E-state index >= 15 is 0 Å². The number of anilines is 1. The van der Waals surface area contributed by atoms with E-state index in [0.29, 0.717) is 0 Å². The molecule has 0 unspecified atom stereocenters. The molecule has 0 saturated heterocycles. The maximum absolute atomic E-state index is 5.85. The summed E-state index contributed by atoms with van der Waals surface area (Å²) in [5, 5.41) is 0. The summed E-state index contributed by atoms with van der Waals surface area (Å²) < 4.78 is 0. The Morgan fingerprint density at radius 1 is 1.06 bits per heavy atom. The van der Waals surface area contributed by atoms with Crippen LogP contribution in [0.4, 0.5) is 5.69 Å². The molecule has 1 aromatic rings. The molecule has 0 amide bonds. The van der Waals surface area contributed by atoms with Gasteiger partial charge in [-0.1, -0.05) is 12.1 Å². The molecule has 0 atom stereocenters. The van der Waals surface area contributed by atoms with E-state index in [9.17, 15) is 0 Å². The van der Waals surface area contributed by atoms with Crippen LogP contribution in [0.15, 0.2) is 12.1 Å². The molecule has 0 radical (unpaired) electrons. The Hall–Kier alpha value is -0.690. The molecule has 0 aliphatic carbocycles. The highest BCUT2D eigenvalue weighted by atomic mass is 35.5. The topological polar surface area (TPSA) is 3.24 Å². The first kappa shape index (κ1) is 10.5. The summed E-state index contributed by atoms with van der Waals surface area (Å²) in [5.41, 5.74) is 6.15. The van der Waals surface area contributed by atoms with E-state index in [1.165, 1.54) is 44.3 Å². The second-order valence-corrected chi connectivity index (χ2v) is 5.27. The third-order valence-electron chi connectivity index (χ3n) is 3.78. The molecule has 1 nitrogen and oxygen atoms in total. The molecule has 0 N–H and O–H groups in total. The standard InChI is InChI=1S/C14H18ClN/c15-6-5-11-9-12-3-1-7-16-8-2-4-13(10-11)14(12)16/h9-10H,1-8H2. The number of nitrogens with zero attached hydrogens (tertiary/aromatic N) is 1. The molecule has 2 aliphatic heterocycles. The average molecular weight is 236 g/mol. The maximum Gasteiger partial charge on any atom is 0.0431 e. The number of hydrogen-bond acceptors (Lipinski definition) is 1. The van der Waals surface area contributed by atoms with E-state index in [0.717, 1.165) is 12.3 Å². The van der Waals surface area contributed by atoms with Crippen molar-refractivity contribution in [1.29, 1.82) is 0 Å². The number of halogens is 1. The Kier molecular flexibility index (Phi) is 2.81. The van der Waals surface area contributed by atoms with E-state index in [1.807, 2.05) is 0 Å². The van der Waals surface area contributed by atoms with Gasteiger partial charge in [-0.25, -0.2) is 0 Å². The predicted molar refractivity (Wildman–Crippen MR) is 69.7 cm³/mol. The van der Waals surface area contributed by atoms with Crippen molar-refractivity contribution in [2.24, 2.45) is 0 Å². The highest BCUT2D eigenvalue weighted by Gasteiger charge is 2.23. The summed E-state index contributed by atoms with van der Waals surface area (Å²) in [5.74, 6) is 0.738. The van der Waals surface area contributed by atoms with E-state index in [-0.39, 0.29) is 0 Å². The summed E-state index contributed by atoms with van der Waals surface area (Å²) >= 11 is 5.85. The normalized spacial score (nSPS) is 18.4. The van der Waals surface area contributed by atoms with E-state index in [4.69, 9.17) is 11.6 Å². The summed E-state index contributed by atoms with van der Waals surface area (Å²) in [6.45, 7) is 2.52. The molecule has 2 heteroatoms. The quantitative estimate of drug-likeness (QED) is 0.712. The smallest absolute Gasteiger partial charge is 0.0431 e. The van der Waals surface area contributed by atoms with E-state index < -0.39 is 0 Å². The van der Waals surface area contributed by atoms with Crippen LogP contribution in [0.5, 0.6) is 0 Å². The van der Waals surface area contributed by atoms with Crippen molar-refractivity contribution in [2.45, 2.75) is 32.1 Å². The van der Waals surface area contributed by atoms with Crippen molar-refractivity contribution in [2.75, 3.05) is 23.9 Å². The molecule has 0 aromatic heterocycles. The minimum Gasteiger partial charge on any atom is -0.371 e. The van der Waals surface area contributed by atoms with Gasteiger partial charge in [-0.3, -0.25) is 0 Å². The van der Waals surface area contributed by atoms with E-state index in [1.54, 1.807) is 16.8 Å². The number of aryl methyl sites for hydroxylation is 3. The Morgan fingerprint density at radius 2 is 1.69 bits per heavy atom. The van der Waals surface area contributed by atoms with Gasteiger partial charge in [0.2, 0.25) is 0 Å². The molecule has 0 bridgehead atoms. The molecule has 86 valence electrons. The molecule has 16 heavy (non-hydrogen) atoms. The molecule has 1 aromatic carbocycles. The first-order chi connectivity index (χ1) is 7.88. The van der Waals surface area contributed by atoms with Gasteiger partial charge in [-0.05, 0) is 48.8 Å². The molecule has 0 spiro atoms. The molecule has 0 fully saturated rings. The first-order valence-corrected chi connectivity index (χ1v) is 6.87. The van der Waals surface area contributed by atoms with E-state index in [2.05, 4.69) is 17.0 Å². The second kappa shape index (κ2) is 4.29. The van der Waals surface area contributed by atoms with Crippen molar-refractivity contribution in [3.05, 3.63) is 28.8 Å². The Labute approximate surface area is 102 Å². The van der Waals surface area contributed by atoms with Crippen LogP contribution in [0.2, 0.25) is 0 Å². The predicted octanol–water partition coefficient (Wildman–Crippen LogP) is 3.17. The number of hydrogen-bond donors (Lipinski definition) is 0. The van der Waals surface area contributed by atoms with Crippen LogP contribution in [-0.2, 0) is 19.3 Å². The van der Waals surface area contributed by atoms with Gasteiger partial charge in [-0.2, -0.15) is 0 Å². The lowest BCUT2D eigenvalue weighted by Gasteiger charge is -2.37. The summed E-state index contributed by atoms with van der Waals surface area (Å²) in [6.07, 6.45) is 6.17. The largest absolute Gasteiger partial charge is 0.371 e. The molecule has 2 aliphatic rings. The number of rotatable bonds is 2. The van der Waals surface area contributed by atoms with Crippen LogP contribution in [0.25, 0.3) is 0 Å². The number of benzene rings is 1. The average Bonchev–Trinajstić information content (AvgIpc) is 2.30. The minimum absolute atomic E-state index is 0.738. The maximum atomic E-state index is 5.85. The zero-order chi connectivity index (χ0) is 11.0. The van der Waals surface area contributed by atoms with Gasteiger partial charge in [0, 0.05) is 24.7 Å². The van der Waals surface area contributed by atoms with Gasteiger partial charge in [0.25, 0.3) is 0 Å². The highest BCUT2D eigenvalue weighted by Crippen LogP contribution is 2.36. The fourth-order valence-electron chi connectivity index (χ4n) is 3.13. The third kappa shape index (κ3) is 1.71. The van der Waals surface area contributed by atoms with Crippen LogP contribution in [0.1, 0.15) is 29.5 Å². The van der Waals surface area contributed by atoms with Crippen LogP contribution in [-0.4, -0.2) is 19.0 Å². The van der Waals surface area contributed by atoms with Crippen LogP contribution >= 0.6 is 11.6 Å². The summed E-state index contributed by atoms with van der Waals surface area (Å²) in [7, 11) is 0. The Morgan fingerprint density at radius 3 is 2.25 bits per heavy atom. The highest BCUT2D eigenvalue weighted by molar-refractivity contribution is 6.18. The summed E-state index contributed by atoms with van der Waals surface area (Å²) in [6, 6.07) is 4.78. The third-order valence-corrected chi connectivity index (χ3v) is 3.96. The molecule has 3 rings (SSSR count). The molecular weight excluding hydrogens is 218 g/mol. The molecule has 0 saturated carbocycles. The zero-order valence-electron chi connectivity index (χ0n) is 9.64. The Bertz CT molecular complexity index is 369. The van der Waals surface area contributed by atoms with Gasteiger partial charge in [0.15, 0.2) is 0 Å². The first-order valence-electron chi connectivity index (χ1n) is 6.34. The number of alkyl halides is 1. The van der Waals surface area contributed by atoms with Crippen LogP contribution < -0.4 is 4.90 Å². The van der Waals surface area contributed by atoms with Crippen LogP contribution in [0, 0.1) is 0 Å². The SMILES string of the molecule is ClCCc1cc2c3c(c1)CCCN3CCC2. The lowest BCUT2D eigenvalue weighted by atomic mass is 9.89. The minimum atomic E-state index is 0.738. The zero-order valence-corrected chi connectivity index (χ0v) is 10.4. The Balaban J connectivity index is 2.06. The van der Waals surface area contributed by atoms with Gasteiger partial charge < -0.3 is 4.90 Å². The lowest BCUT2D eigenvalue weighted by molar-refractivity contribution is 0.633. The fraction of sp³-hybridized carbons (Fsp3) is 0.571. The summed E-state index contributed by atoms with van der Waals surface area (Å²) in [4.78, 5) is 2.59. The van der Waals surface area contributed by atoms with Crippen molar-refractivity contribution >= 4 is 17.3 Å². The van der Waals surface area contributed by atoms with Crippen molar-refractivity contribution < 1.29 is 0 Å². The van der Waals surface area contributed by atoms with Gasteiger partial charge in [0.1, 0.15) is 0 Å². The van der Waals surface area contributed by atoms with Crippen molar-refractivity contribution in [1.82, 2.24) is 0 Å².